The number of carbonyl (C=O) groups is 1. The van der Waals surface area contributed by atoms with Crippen molar-refractivity contribution in [2.24, 2.45) is 0 Å². The van der Waals surface area contributed by atoms with Gasteiger partial charge in [0.25, 0.3) is 5.69 Å². The monoisotopic (exact) mass is 286 g/mol. The van der Waals surface area contributed by atoms with Crippen LogP contribution in [-0.4, -0.2) is 10.8 Å². The van der Waals surface area contributed by atoms with E-state index in [2.05, 4.69) is 5.32 Å². The third kappa shape index (κ3) is 4.31. The summed E-state index contributed by atoms with van der Waals surface area (Å²) in [7, 11) is 0. The van der Waals surface area contributed by atoms with Crippen LogP contribution in [0.1, 0.15) is 12.5 Å². The molecule has 6 heteroatoms. The summed E-state index contributed by atoms with van der Waals surface area (Å²) in [4.78, 5) is 21.5. The Hall–Kier alpha value is -2.89. The molecule has 1 amide bonds. The average molecular weight is 286 g/mol. The van der Waals surface area contributed by atoms with Crippen LogP contribution in [0.4, 0.5) is 11.4 Å². The zero-order valence-corrected chi connectivity index (χ0v) is 11.4. The first-order chi connectivity index (χ1) is 10.0. The number of nitro benzene ring substituents is 1. The summed E-state index contributed by atoms with van der Waals surface area (Å²) in [5.41, 5.74) is 0.896. The molecule has 0 saturated carbocycles. The van der Waals surface area contributed by atoms with Crippen molar-refractivity contribution < 1.29 is 14.5 Å². The Bertz CT molecular complexity index is 656. The highest BCUT2D eigenvalue weighted by Gasteiger charge is 2.11. The maximum atomic E-state index is 11.1. The number of benzene rings is 2. The van der Waals surface area contributed by atoms with Gasteiger partial charge < -0.3 is 10.1 Å². The minimum Gasteiger partial charge on any atom is -0.489 e. The number of rotatable bonds is 5. The lowest BCUT2D eigenvalue weighted by Crippen LogP contribution is -2.07. The van der Waals surface area contributed by atoms with E-state index in [1.165, 1.54) is 19.1 Å². The van der Waals surface area contributed by atoms with Crippen molar-refractivity contribution in [1.29, 1.82) is 0 Å². The fourth-order valence-corrected chi connectivity index (χ4v) is 1.82. The molecule has 0 fully saturated rings. The van der Waals surface area contributed by atoms with Gasteiger partial charge in [0.2, 0.25) is 5.91 Å². The molecular weight excluding hydrogens is 272 g/mol. The summed E-state index contributed by atoms with van der Waals surface area (Å²) in [5.74, 6) is 0.385. The van der Waals surface area contributed by atoms with Gasteiger partial charge in [0.1, 0.15) is 12.4 Å². The number of non-ortho nitro benzene ring substituents is 1. The topological polar surface area (TPSA) is 81.5 Å². The molecule has 0 spiro atoms. The predicted octanol–water partition coefficient (Wildman–Crippen LogP) is 3.13. The first-order valence-corrected chi connectivity index (χ1v) is 6.28. The van der Waals surface area contributed by atoms with Crippen LogP contribution in [0.25, 0.3) is 0 Å². The van der Waals surface area contributed by atoms with Crippen molar-refractivity contribution in [2.75, 3.05) is 5.32 Å². The summed E-state index contributed by atoms with van der Waals surface area (Å²) < 4.78 is 5.55. The van der Waals surface area contributed by atoms with Gasteiger partial charge in [-0.2, -0.15) is 0 Å². The van der Waals surface area contributed by atoms with Gasteiger partial charge in [-0.25, -0.2) is 0 Å². The van der Waals surface area contributed by atoms with Gasteiger partial charge in [0, 0.05) is 24.7 Å². The number of nitrogens with one attached hydrogen (secondary N) is 1. The van der Waals surface area contributed by atoms with Gasteiger partial charge in [-0.1, -0.05) is 18.2 Å². The van der Waals surface area contributed by atoms with Crippen LogP contribution in [0.5, 0.6) is 5.75 Å². The van der Waals surface area contributed by atoms with E-state index in [4.69, 9.17) is 4.74 Å². The molecule has 2 aromatic carbocycles. The Morgan fingerprint density at radius 1 is 1.24 bits per heavy atom. The lowest BCUT2D eigenvalue weighted by Gasteiger charge is -2.08. The summed E-state index contributed by atoms with van der Waals surface area (Å²) >= 11 is 0. The molecule has 0 saturated heterocycles. The maximum absolute atomic E-state index is 11.1. The highest BCUT2D eigenvalue weighted by molar-refractivity contribution is 5.89. The lowest BCUT2D eigenvalue weighted by molar-refractivity contribution is -0.384. The molecule has 108 valence electrons. The van der Waals surface area contributed by atoms with Gasteiger partial charge in [0.05, 0.1) is 4.92 Å². The van der Waals surface area contributed by atoms with Crippen molar-refractivity contribution in [3.63, 3.8) is 0 Å². The third-order valence-electron chi connectivity index (χ3n) is 2.66. The smallest absolute Gasteiger partial charge is 0.271 e. The number of amides is 1. The number of ether oxygens (including phenoxy) is 1. The van der Waals surface area contributed by atoms with E-state index in [9.17, 15) is 14.9 Å². The molecule has 2 aromatic rings. The number of nitrogens with zero attached hydrogens (tertiary/aromatic N) is 1. The van der Waals surface area contributed by atoms with Gasteiger partial charge in [0.15, 0.2) is 0 Å². The number of hydrogen-bond acceptors (Lipinski definition) is 4. The first kappa shape index (κ1) is 14.5. The molecule has 0 aromatic heterocycles. The molecule has 0 aliphatic rings. The van der Waals surface area contributed by atoms with E-state index in [1.54, 1.807) is 18.2 Å². The Balaban J connectivity index is 2.19. The van der Waals surface area contributed by atoms with E-state index >= 15 is 0 Å². The number of para-hydroxylation sites is 1. The molecule has 0 bridgehead atoms. The van der Waals surface area contributed by atoms with E-state index in [1.807, 2.05) is 18.2 Å². The van der Waals surface area contributed by atoms with Crippen LogP contribution < -0.4 is 10.1 Å². The zero-order valence-electron chi connectivity index (χ0n) is 11.4. The second-order valence-corrected chi connectivity index (χ2v) is 4.43. The van der Waals surface area contributed by atoms with Crippen molar-refractivity contribution in [3.05, 3.63) is 64.2 Å². The van der Waals surface area contributed by atoms with Gasteiger partial charge in [-0.05, 0) is 23.8 Å². The van der Waals surface area contributed by atoms with Crippen molar-refractivity contribution >= 4 is 17.3 Å². The summed E-state index contributed by atoms with van der Waals surface area (Å²) in [5, 5.41) is 13.5. The molecule has 21 heavy (non-hydrogen) atoms. The molecule has 0 heterocycles. The molecule has 2 rings (SSSR count). The molecular formula is C15H14N2O4. The lowest BCUT2D eigenvalue weighted by atomic mass is 10.2. The molecule has 0 atom stereocenters. The molecule has 6 nitrogen and oxygen atoms in total. The second-order valence-electron chi connectivity index (χ2n) is 4.43. The Morgan fingerprint density at radius 3 is 2.57 bits per heavy atom. The average Bonchev–Trinajstić information content (AvgIpc) is 2.45. The molecule has 0 radical (unpaired) electrons. The van der Waals surface area contributed by atoms with Crippen LogP contribution in [0.3, 0.4) is 0 Å². The van der Waals surface area contributed by atoms with Gasteiger partial charge >= 0.3 is 0 Å². The largest absolute Gasteiger partial charge is 0.489 e. The normalized spacial score (nSPS) is 9.95. The second kappa shape index (κ2) is 6.51. The van der Waals surface area contributed by atoms with Crippen LogP contribution in [0, 0.1) is 10.1 Å². The van der Waals surface area contributed by atoms with Crippen LogP contribution in [0.2, 0.25) is 0 Å². The molecule has 0 aliphatic heterocycles. The van der Waals surface area contributed by atoms with E-state index in [-0.39, 0.29) is 18.2 Å². The van der Waals surface area contributed by atoms with Crippen LogP contribution >= 0.6 is 0 Å². The molecule has 0 aliphatic carbocycles. The fraction of sp³-hybridized carbons (Fsp3) is 0.133. The number of anilines is 1. The number of carbonyl (C=O) groups excluding carboxylic acids is 1. The minimum absolute atomic E-state index is 0.0899. The third-order valence-corrected chi connectivity index (χ3v) is 2.66. The van der Waals surface area contributed by atoms with E-state index in [0.717, 1.165) is 0 Å². The van der Waals surface area contributed by atoms with E-state index in [0.29, 0.717) is 17.0 Å². The predicted molar refractivity (Wildman–Crippen MR) is 78.2 cm³/mol. The van der Waals surface area contributed by atoms with Crippen molar-refractivity contribution in [3.8, 4) is 5.75 Å². The molecule has 0 unspecified atom stereocenters. The van der Waals surface area contributed by atoms with E-state index < -0.39 is 4.92 Å². The first-order valence-electron chi connectivity index (χ1n) is 6.28. The summed E-state index contributed by atoms with van der Waals surface area (Å²) in [6.45, 7) is 1.53. The fourth-order valence-electron chi connectivity index (χ4n) is 1.82. The van der Waals surface area contributed by atoms with Crippen molar-refractivity contribution in [2.45, 2.75) is 13.5 Å². The SMILES string of the molecule is CC(=O)Nc1cc(COc2ccccc2)cc([N+](=O)[O-])c1. The van der Waals surface area contributed by atoms with Crippen LogP contribution in [0.15, 0.2) is 48.5 Å². The van der Waals surface area contributed by atoms with Gasteiger partial charge in [-0.15, -0.1) is 0 Å². The summed E-state index contributed by atoms with van der Waals surface area (Å²) in [6, 6.07) is 13.5. The van der Waals surface area contributed by atoms with Gasteiger partial charge in [-0.3, -0.25) is 14.9 Å². The Morgan fingerprint density at radius 2 is 1.95 bits per heavy atom. The Kier molecular flexibility index (Phi) is 4.50. The highest BCUT2D eigenvalue weighted by Crippen LogP contribution is 2.22. The molecule has 1 N–H and O–H groups in total. The number of nitro groups is 1. The van der Waals surface area contributed by atoms with Crippen LogP contribution in [-0.2, 0) is 11.4 Å². The van der Waals surface area contributed by atoms with Crippen molar-refractivity contribution in [1.82, 2.24) is 0 Å². The Labute approximate surface area is 121 Å². The standard InChI is InChI=1S/C15H14N2O4/c1-11(18)16-13-7-12(8-14(9-13)17(19)20)10-21-15-5-3-2-4-6-15/h2-9H,10H2,1H3,(H,16,18). The minimum atomic E-state index is -0.503. The highest BCUT2D eigenvalue weighted by atomic mass is 16.6. The summed E-state index contributed by atoms with van der Waals surface area (Å²) in [6.07, 6.45) is 0. The number of hydrogen-bond donors (Lipinski definition) is 1. The maximum Gasteiger partial charge on any atom is 0.271 e. The zero-order chi connectivity index (χ0) is 15.2. The quantitative estimate of drug-likeness (QED) is 0.676.